The minimum atomic E-state index is 0.405. The quantitative estimate of drug-likeness (QED) is 0.543. The van der Waals surface area contributed by atoms with E-state index < -0.39 is 0 Å². The first-order valence-electron chi connectivity index (χ1n) is 10.1. The highest BCUT2D eigenvalue weighted by molar-refractivity contribution is 5.78. The highest BCUT2D eigenvalue weighted by Crippen LogP contribution is 2.31. The van der Waals surface area contributed by atoms with Gasteiger partial charge in [0.1, 0.15) is 11.6 Å². The zero-order valence-electron chi connectivity index (χ0n) is 16.7. The highest BCUT2D eigenvalue weighted by Gasteiger charge is 2.23. The number of anilines is 2. The Morgan fingerprint density at radius 2 is 2.17 bits per heavy atom. The van der Waals surface area contributed by atoms with E-state index in [0.29, 0.717) is 5.92 Å². The van der Waals surface area contributed by atoms with E-state index in [-0.39, 0.29) is 0 Å². The monoisotopic (exact) mass is 391 g/mol. The largest absolute Gasteiger partial charge is 0.325 e. The fraction of sp³-hybridized carbons (Fsp3) is 0.400. The van der Waals surface area contributed by atoms with Gasteiger partial charge in [0.2, 0.25) is 0 Å². The van der Waals surface area contributed by atoms with Gasteiger partial charge in [-0.2, -0.15) is 19.8 Å². The third-order valence-corrected chi connectivity index (χ3v) is 5.62. The molecule has 0 radical (unpaired) electrons. The maximum atomic E-state index is 5.05. The Morgan fingerprint density at radius 1 is 1.24 bits per heavy atom. The van der Waals surface area contributed by atoms with E-state index in [9.17, 15) is 0 Å². The summed E-state index contributed by atoms with van der Waals surface area (Å²) >= 11 is 0. The standard InChI is InChI=1S/C20H25N9/c1-3-28-18(6-7-23-28)26-19-9-17(14-5-4-8-27(2)13-14)25-20-16(12-24-29(19)20)15-10-21-22-11-15/h6-7,9-12,14,26H,3-5,8,13H2,1-2H3,(H,21,22). The van der Waals surface area contributed by atoms with Crippen molar-refractivity contribution in [3.8, 4) is 11.1 Å². The molecule has 2 N–H and O–H groups in total. The molecule has 0 saturated carbocycles. The number of hydrogen-bond acceptors (Lipinski definition) is 6. The van der Waals surface area contributed by atoms with Crippen molar-refractivity contribution in [2.24, 2.45) is 0 Å². The van der Waals surface area contributed by atoms with Crippen LogP contribution in [0.15, 0.2) is 36.9 Å². The van der Waals surface area contributed by atoms with Crippen LogP contribution >= 0.6 is 0 Å². The minimum Gasteiger partial charge on any atom is -0.325 e. The molecule has 1 aliphatic heterocycles. The van der Waals surface area contributed by atoms with Crippen molar-refractivity contribution in [2.45, 2.75) is 32.2 Å². The average Bonchev–Trinajstić information content (AvgIpc) is 3.48. The van der Waals surface area contributed by atoms with Gasteiger partial charge in [0.05, 0.1) is 24.3 Å². The Kier molecular flexibility index (Phi) is 4.51. The van der Waals surface area contributed by atoms with Crippen molar-refractivity contribution in [1.82, 2.24) is 39.5 Å². The number of aryl methyl sites for hydroxylation is 1. The fourth-order valence-electron chi connectivity index (χ4n) is 4.11. The fourth-order valence-corrected chi connectivity index (χ4v) is 4.11. The van der Waals surface area contributed by atoms with Crippen molar-refractivity contribution in [2.75, 3.05) is 25.5 Å². The SMILES string of the molecule is CCn1nccc1Nc1cc(C2CCCN(C)C2)nc2c(-c3cn[nH]c3)cnn12. The predicted octanol–water partition coefficient (Wildman–Crippen LogP) is 2.89. The molecule has 0 aliphatic carbocycles. The van der Waals surface area contributed by atoms with E-state index in [4.69, 9.17) is 4.98 Å². The van der Waals surface area contributed by atoms with Gasteiger partial charge in [-0.15, -0.1) is 0 Å². The molecule has 0 amide bonds. The number of fused-ring (bicyclic) bond motifs is 1. The van der Waals surface area contributed by atoms with Crippen LogP contribution in [0.25, 0.3) is 16.8 Å². The first-order chi connectivity index (χ1) is 14.2. The van der Waals surface area contributed by atoms with E-state index in [0.717, 1.165) is 60.2 Å². The Hall–Kier alpha value is -3.20. The molecule has 4 aromatic rings. The van der Waals surface area contributed by atoms with Gasteiger partial charge in [0.25, 0.3) is 0 Å². The number of nitrogens with one attached hydrogen (secondary N) is 2. The molecule has 150 valence electrons. The van der Waals surface area contributed by atoms with Gasteiger partial charge >= 0.3 is 0 Å². The maximum absolute atomic E-state index is 5.05. The molecule has 5 heterocycles. The van der Waals surface area contributed by atoms with Gasteiger partial charge in [0, 0.05) is 48.5 Å². The van der Waals surface area contributed by atoms with Gasteiger partial charge in [-0.05, 0) is 33.4 Å². The third kappa shape index (κ3) is 3.27. The normalized spacial score (nSPS) is 17.8. The number of aromatic nitrogens is 7. The van der Waals surface area contributed by atoms with Gasteiger partial charge in [0.15, 0.2) is 5.65 Å². The zero-order chi connectivity index (χ0) is 19.8. The molecule has 9 heteroatoms. The lowest BCUT2D eigenvalue weighted by Gasteiger charge is -2.29. The van der Waals surface area contributed by atoms with Crippen molar-refractivity contribution >= 4 is 17.3 Å². The van der Waals surface area contributed by atoms with Crippen molar-refractivity contribution in [1.29, 1.82) is 0 Å². The summed E-state index contributed by atoms with van der Waals surface area (Å²) < 4.78 is 3.80. The van der Waals surface area contributed by atoms with Crippen LogP contribution in [0.5, 0.6) is 0 Å². The first-order valence-corrected chi connectivity index (χ1v) is 10.1. The van der Waals surface area contributed by atoms with Crippen LogP contribution in [0.3, 0.4) is 0 Å². The lowest BCUT2D eigenvalue weighted by Crippen LogP contribution is -2.31. The van der Waals surface area contributed by atoms with Gasteiger partial charge in [-0.25, -0.2) is 9.67 Å². The summed E-state index contributed by atoms with van der Waals surface area (Å²) in [5.41, 5.74) is 3.88. The molecule has 1 unspecified atom stereocenters. The summed E-state index contributed by atoms with van der Waals surface area (Å²) in [7, 11) is 2.18. The molecule has 0 bridgehead atoms. The number of hydrogen-bond donors (Lipinski definition) is 2. The zero-order valence-corrected chi connectivity index (χ0v) is 16.7. The molecular weight excluding hydrogens is 366 g/mol. The topological polar surface area (TPSA) is 92.0 Å². The van der Waals surface area contributed by atoms with Crippen LogP contribution in [0.2, 0.25) is 0 Å². The minimum absolute atomic E-state index is 0.405. The van der Waals surface area contributed by atoms with Crippen LogP contribution in [0.4, 0.5) is 11.6 Å². The second-order valence-corrected chi connectivity index (χ2v) is 7.61. The molecule has 9 nitrogen and oxygen atoms in total. The van der Waals surface area contributed by atoms with Crippen molar-refractivity contribution < 1.29 is 0 Å². The van der Waals surface area contributed by atoms with E-state index >= 15 is 0 Å². The summed E-state index contributed by atoms with van der Waals surface area (Å²) in [4.78, 5) is 7.43. The number of likely N-dealkylation sites (tertiary alicyclic amines) is 1. The van der Waals surface area contributed by atoms with Crippen LogP contribution < -0.4 is 5.32 Å². The number of piperidine rings is 1. The maximum Gasteiger partial charge on any atom is 0.165 e. The Morgan fingerprint density at radius 3 is 2.97 bits per heavy atom. The van der Waals surface area contributed by atoms with Crippen molar-refractivity contribution in [3.63, 3.8) is 0 Å². The summed E-state index contributed by atoms with van der Waals surface area (Å²) in [5.74, 6) is 2.23. The first kappa shape index (κ1) is 17.9. The Balaban J connectivity index is 1.64. The summed E-state index contributed by atoms with van der Waals surface area (Å²) in [6.45, 7) is 5.04. The second-order valence-electron chi connectivity index (χ2n) is 7.61. The third-order valence-electron chi connectivity index (χ3n) is 5.62. The number of aromatic amines is 1. The average molecular weight is 391 g/mol. The van der Waals surface area contributed by atoms with Crippen LogP contribution in [-0.4, -0.2) is 59.6 Å². The van der Waals surface area contributed by atoms with E-state index in [1.165, 1.54) is 6.42 Å². The molecule has 0 spiro atoms. The molecule has 1 atom stereocenters. The lowest BCUT2D eigenvalue weighted by molar-refractivity contribution is 0.248. The van der Waals surface area contributed by atoms with Gasteiger partial charge < -0.3 is 10.2 Å². The molecule has 29 heavy (non-hydrogen) atoms. The molecule has 4 aromatic heterocycles. The molecule has 1 fully saturated rings. The summed E-state index contributed by atoms with van der Waals surface area (Å²) in [6, 6.07) is 4.11. The van der Waals surface area contributed by atoms with Crippen LogP contribution in [0, 0.1) is 0 Å². The lowest BCUT2D eigenvalue weighted by atomic mass is 9.94. The molecule has 5 rings (SSSR count). The molecule has 1 aliphatic rings. The van der Waals surface area contributed by atoms with Crippen LogP contribution in [-0.2, 0) is 6.54 Å². The smallest absolute Gasteiger partial charge is 0.165 e. The molecular formula is C20H25N9. The highest BCUT2D eigenvalue weighted by atomic mass is 15.4. The van der Waals surface area contributed by atoms with E-state index in [1.807, 2.05) is 27.7 Å². The number of nitrogens with zero attached hydrogens (tertiary/aromatic N) is 7. The van der Waals surface area contributed by atoms with E-state index in [1.54, 1.807) is 12.4 Å². The Labute approximate surface area is 168 Å². The second kappa shape index (κ2) is 7.32. The van der Waals surface area contributed by atoms with Gasteiger partial charge in [-0.1, -0.05) is 0 Å². The summed E-state index contributed by atoms with van der Waals surface area (Å²) in [5, 5.41) is 19.5. The number of likely N-dealkylation sites (N-methyl/N-ethyl adjacent to an activating group) is 1. The number of H-pyrrole nitrogens is 1. The van der Waals surface area contributed by atoms with E-state index in [2.05, 4.69) is 50.6 Å². The molecule has 1 saturated heterocycles. The predicted molar refractivity (Wildman–Crippen MR) is 111 cm³/mol. The number of rotatable bonds is 5. The molecule has 0 aromatic carbocycles. The summed E-state index contributed by atoms with van der Waals surface area (Å²) in [6.07, 6.45) is 9.67. The van der Waals surface area contributed by atoms with Crippen molar-refractivity contribution in [3.05, 3.63) is 42.6 Å². The van der Waals surface area contributed by atoms with Crippen LogP contribution in [0.1, 0.15) is 31.4 Å². The Bertz CT molecular complexity index is 1110. The van der Waals surface area contributed by atoms with Gasteiger partial charge in [-0.3, -0.25) is 5.10 Å².